The minimum absolute atomic E-state index is 0.256. The first-order valence-electron chi connectivity index (χ1n) is 9.55. The van der Waals surface area contributed by atoms with Gasteiger partial charge in [-0.05, 0) is 42.0 Å². The van der Waals surface area contributed by atoms with Gasteiger partial charge in [-0.1, -0.05) is 71.2 Å². The number of hydrogen-bond acceptors (Lipinski definition) is 4. The summed E-state index contributed by atoms with van der Waals surface area (Å²) in [4.78, 5) is 34.0. The minimum atomic E-state index is -0.983. The number of carbonyl (C=O) groups excluding carboxylic acids is 2. The second-order valence-corrected chi connectivity index (χ2v) is 8.51. The number of halogens is 3. The van der Waals surface area contributed by atoms with Gasteiger partial charge in [0.25, 0.3) is 5.91 Å². The third kappa shape index (κ3) is 3.29. The Hall–Kier alpha value is -2.57. The van der Waals surface area contributed by atoms with Crippen LogP contribution in [-0.4, -0.2) is 17.9 Å². The predicted molar refractivity (Wildman–Crippen MR) is 120 cm³/mol. The Morgan fingerprint density at radius 3 is 2.13 bits per heavy atom. The van der Waals surface area contributed by atoms with Crippen LogP contribution in [-0.2, 0) is 14.4 Å². The maximum absolute atomic E-state index is 13.5. The van der Waals surface area contributed by atoms with E-state index >= 15 is 0 Å². The van der Waals surface area contributed by atoms with Crippen LogP contribution >= 0.6 is 34.8 Å². The van der Waals surface area contributed by atoms with Crippen molar-refractivity contribution in [1.82, 2.24) is 0 Å². The van der Waals surface area contributed by atoms with Crippen LogP contribution in [0.1, 0.15) is 11.6 Å². The van der Waals surface area contributed by atoms with Crippen molar-refractivity contribution in [2.45, 2.75) is 12.1 Å². The van der Waals surface area contributed by atoms with Crippen LogP contribution in [0.4, 0.5) is 11.4 Å². The standard InChI is InChI=1S/C23H15Cl3N2O3/c24-16-9-5-4-8-15(16)20-19-21(31-28(20)13-6-2-1-3-7-13)23(30)27(22(19)29)14-10-11-17(25)18(26)12-14/h1-12,19-21H/t19-,20-,21+/m1/s1. The minimum Gasteiger partial charge on any atom is -0.273 e. The average molecular weight is 474 g/mol. The zero-order valence-corrected chi connectivity index (χ0v) is 18.2. The van der Waals surface area contributed by atoms with Gasteiger partial charge < -0.3 is 0 Å². The number of amides is 2. The van der Waals surface area contributed by atoms with Crippen molar-refractivity contribution in [1.29, 1.82) is 0 Å². The van der Waals surface area contributed by atoms with Crippen LogP contribution < -0.4 is 9.96 Å². The lowest BCUT2D eigenvalue weighted by Crippen LogP contribution is -2.37. The molecule has 0 aromatic heterocycles. The summed E-state index contributed by atoms with van der Waals surface area (Å²) in [6.45, 7) is 0. The van der Waals surface area contributed by atoms with Gasteiger partial charge in [-0.15, -0.1) is 0 Å². The van der Waals surface area contributed by atoms with E-state index < -0.39 is 24.0 Å². The fourth-order valence-corrected chi connectivity index (χ4v) is 4.66. The molecule has 0 aliphatic carbocycles. The molecule has 5 rings (SSSR count). The van der Waals surface area contributed by atoms with E-state index in [1.54, 1.807) is 23.3 Å². The lowest BCUT2D eigenvalue weighted by Gasteiger charge is -2.29. The molecule has 3 aromatic rings. The van der Waals surface area contributed by atoms with Gasteiger partial charge in [0.1, 0.15) is 5.92 Å². The first-order valence-corrected chi connectivity index (χ1v) is 10.7. The molecule has 0 radical (unpaired) electrons. The maximum atomic E-state index is 13.5. The molecule has 2 heterocycles. The van der Waals surface area contributed by atoms with Crippen molar-refractivity contribution in [2.75, 3.05) is 9.96 Å². The smallest absolute Gasteiger partial charge is 0.266 e. The topological polar surface area (TPSA) is 49.9 Å². The SMILES string of the molecule is O=C1[C@H]2[C@H](ON(c3ccccc3)[C@@H]2c2ccccc2Cl)C(=O)N1c1ccc(Cl)c(Cl)c1. The number of rotatable bonds is 3. The van der Waals surface area contributed by atoms with E-state index in [0.29, 0.717) is 21.3 Å². The number of hydroxylamine groups is 1. The van der Waals surface area contributed by atoms with Crippen molar-refractivity contribution >= 4 is 58.0 Å². The van der Waals surface area contributed by atoms with Gasteiger partial charge >= 0.3 is 0 Å². The summed E-state index contributed by atoms with van der Waals surface area (Å²) < 4.78 is 0. The van der Waals surface area contributed by atoms with E-state index in [1.165, 1.54) is 6.07 Å². The van der Waals surface area contributed by atoms with Crippen molar-refractivity contribution < 1.29 is 14.4 Å². The van der Waals surface area contributed by atoms with Crippen LogP contribution in [0.5, 0.6) is 0 Å². The third-order valence-electron chi connectivity index (χ3n) is 5.51. The fourth-order valence-electron chi connectivity index (χ4n) is 4.12. The highest BCUT2D eigenvalue weighted by Crippen LogP contribution is 2.49. The van der Waals surface area contributed by atoms with Gasteiger partial charge in [-0.2, -0.15) is 0 Å². The Kier molecular flexibility index (Phi) is 5.15. The van der Waals surface area contributed by atoms with Crippen molar-refractivity contribution in [3.8, 4) is 0 Å². The quantitative estimate of drug-likeness (QED) is 0.458. The predicted octanol–water partition coefficient (Wildman–Crippen LogP) is 5.70. The molecule has 8 heteroatoms. The van der Waals surface area contributed by atoms with Gasteiger partial charge in [0, 0.05) is 5.02 Å². The number of fused-ring (bicyclic) bond motifs is 1. The zero-order valence-electron chi connectivity index (χ0n) is 15.9. The summed E-state index contributed by atoms with van der Waals surface area (Å²) in [5.41, 5.74) is 1.78. The molecule has 0 N–H and O–H groups in total. The largest absolute Gasteiger partial charge is 0.273 e. The lowest BCUT2D eigenvalue weighted by atomic mass is 9.90. The molecule has 3 aromatic carbocycles. The lowest BCUT2D eigenvalue weighted by molar-refractivity contribution is -0.126. The summed E-state index contributed by atoms with van der Waals surface area (Å²) in [7, 11) is 0. The number of nitrogens with zero attached hydrogens (tertiary/aromatic N) is 2. The van der Waals surface area contributed by atoms with Crippen molar-refractivity contribution in [2.24, 2.45) is 5.92 Å². The molecule has 31 heavy (non-hydrogen) atoms. The number of para-hydroxylation sites is 1. The van der Waals surface area contributed by atoms with E-state index in [2.05, 4.69) is 0 Å². The van der Waals surface area contributed by atoms with Gasteiger partial charge in [-0.25, -0.2) is 9.96 Å². The zero-order chi connectivity index (χ0) is 21.7. The fraction of sp³-hybridized carbons (Fsp3) is 0.130. The number of anilines is 2. The second-order valence-electron chi connectivity index (χ2n) is 7.29. The first-order chi connectivity index (χ1) is 15.0. The summed E-state index contributed by atoms with van der Waals surface area (Å²) in [5, 5.41) is 2.70. The van der Waals surface area contributed by atoms with Crippen LogP contribution in [0.15, 0.2) is 72.8 Å². The van der Waals surface area contributed by atoms with Crippen LogP contribution in [0, 0.1) is 5.92 Å². The molecule has 2 fully saturated rings. The molecule has 2 aliphatic heterocycles. The Balaban J connectivity index is 1.60. The normalized spacial score (nSPS) is 22.9. The second kappa shape index (κ2) is 7.84. The number of carbonyl (C=O) groups is 2. The first kappa shape index (κ1) is 20.3. The van der Waals surface area contributed by atoms with Gasteiger partial charge in [0.05, 0.1) is 27.5 Å². The van der Waals surface area contributed by atoms with Gasteiger partial charge in [0.2, 0.25) is 5.91 Å². The Morgan fingerprint density at radius 2 is 1.42 bits per heavy atom. The third-order valence-corrected chi connectivity index (χ3v) is 6.59. The summed E-state index contributed by atoms with van der Waals surface area (Å²) in [6.07, 6.45) is -0.983. The molecule has 0 spiro atoms. The highest BCUT2D eigenvalue weighted by Gasteiger charge is 2.60. The van der Waals surface area contributed by atoms with Gasteiger partial charge in [-0.3, -0.25) is 14.4 Å². The maximum Gasteiger partial charge on any atom is 0.266 e. The molecule has 2 amide bonds. The van der Waals surface area contributed by atoms with Crippen LogP contribution in [0.25, 0.3) is 0 Å². The number of hydrogen-bond donors (Lipinski definition) is 0. The molecular weight excluding hydrogens is 459 g/mol. The molecule has 2 aliphatic rings. The number of benzene rings is 3. The molecule has 0 unspecified atom stereocenters. The highest BCUT2D eigenvalue weighted by atomic mass is 35.5. The van der Waals surface area contributed by atoms with Gasteiger partial charge in [0.15, 0.2) is 6.10 Å². The Bertz CT molecular complexity index is 1190. The Labute approximate surface area is 193 Å². The molecule has 0 saturated carbocycles. The molecule has 5 nitrogen and oxygen atoms in total. The summed E-state index contributed by atoms with van der Waals surface area (Å²) in [6, 6.07) is 20.6. The van der Waals surface area contributed by atoms with E-state index in [4.69, 9.17) is 39.6 Å². The highest BCUT2D eigenvalue weighted by molar-refractivity contribution is 6.42. The monoisotopic (exact) mass is 472 g/mol. The Morgan fingerprint density at radius 1 is 0.710 bits per heavy atom. The van der Waals surface area contributed by atoms with Crippen molar-refractivity contribution in [3.05, 3.63) is 93.4 Å². The summed E-state index contributed by atoms with van der Waals surface area (Å²) >= 11 is 18.6. The molecule has 0 bridgehead atoms. The molecular formula is C23H15Cl3N2O3. The van der Waals surface area contributed by atoms with E-state index in [0.717, 1.165) is 10.6 Å². The average Bonchev–Trinajstić information content (AvgIpc) is 3.27. The molecule has 3 atom stereocenters. The number of imide groups is 1. The van der Waals surface area contributed by atoms with Crippen LogP contribution in [0.2, 0.25) is 15.1 Å². The van der Waals surface area contributed by atoms with E-state index in [-0.39, 0.29) is 10.9 Å². The molecule has 2 saturated heterocycles. The summed E-state index contributed by atoms with van der Waals surface area (Å²) in [5.74, 6) is -1.61. The van der Waals surface area contributed by atoms with Crippen molar-refractivity contribution in [3.63, 3.8) is 0 Å². The van der Waals surface area contributed by atoms with Crippen LogP contribution in [0.3, 0.4) is 0 Å². The van der Waals surface area contributed by atoms with E-state index in [9.17, 15) is 9.59 Å². The van der Waals surface area contributed by atoms with E-state index in [1.807, 2.05) is 48.5 Å². The molecule has 156 valence electrons.